The van der Waals surface area contributed by atoms with Crippen molar-refractivity contribution >= 4 is 34.8 Å². The topological polar surface area (TPSA) is 89.0 Å². The van der Waals surface area contributed by atoms with E-state index in [-0.39, 0.29) is 23.9 Å². The summed E-state index contributed by atoms with van der Waals surface area (Å²) in [5.74, 6) is 3.45. The number of amides is 1. The summed E-state index contributed by atoms with van der Waals surface area (Å²) < 4.78 is 56.5. The van der Waals surface area contributed by atoms with Crippen LogP contribution in [0.3, 0.4) is 0 Å². The van der Waals surface area contributed by atoms with Gasteiger partial charge in [0.05, 0.1) is 10.6 Å². The van der Waals surface area contributed by atoms with Crippen molar-refractivity contribution in [2.45, 2.75) is 12.8 Å². The molecule has 4 rings (SSSR count). The number of hydrogen-bond donors (Lipinski definition) is 2. The Balaban J connectivity index is 1.46. The van der Waals surface area contributed by atoms with Gasteiger partial charge in [0.15, 0.2) is 0 Å². The summed E-state index contributed by atoms with van der Waals surface area (Å²) in [6.07, 6.45) is -2.30. The Morgan fingerprint density at radius 2 is 1.87 bits per heavy atom. The summed E-state index contributed by atoms with van der Waals surface area (Å²) in [6.45, 7) is 0.130. The lowest BCUT2D eigenvalue weighted by Crippen LogP contribution is -2.30. The van der Waals surface area contributed by atoms with Gasteiger partial charge in [0.2, 0.25) is 0 Å². The quantitative estimate of drug-likeness (QED) is 0.234. The van der Waals surface area contributed by atoms with Gasteiger partial charge in [0.25, 0.3) is 0 Å². The lowest BCUT2D eigenvalue weighted by Gasteiger charge is -2.11. The van der Waals surface area contributed by atoms with Crippen molar-refractivity contribution in [3.05, 3.63) is 101 Å². The van der Waals surface area contributed by atoms with E-state index in [0.29, 0.717) is 33.4 Å². The molecule has 2 heterocycles. The number of pyridine rings is 1. The van der Waals surface area contributed by atoms with Gasteiger partial charge in [-0.3, -0.25) is 4.79 Å². The summed E-state index contributed by atoms with van der Waals surface area (Å²) in [5.41, 5.74) is 1.68. The molecule has 0 aliphatic rings. The monoisotopic (exact) mass is 541 g/mol. The van der Waals surface area contributed by atoms with E-state index in [9.17, 15) is 22.4 Å². The maximum Gasteiger partial charge on any atom is 0.471 e. The van der Waals surface area contributed by atoms with Gasteiger partial charge >= 0.3 is 12.1 Å². The van der Waals surface area contributed by atoms with Crippen molar-refractivity contribution in [1.29, 1.82) is 0 Å². The Hall–Kier alpha value is -4.69. The first-order valence-corrected chi connectivity index (χ1v) is 11.2. The Morgan fingerprint density at radius 3 is 2.63 bits per heavy atom. The first kappa shape index (κ1) is 26.4. The predicted molar refractivity (Wildman–Crippen MR) is 132 cm³/mol. The third-order valence-corrected chi connectivity index (χ3v) is 5.06. The lowest BCUT2D eigenvalue weighted by atomic mass is 10.2. The normalized spacial score (nSPS) is 10.8. The Morgan fingerprint density at radius 1 is 1.05 bits per heavy atom. The number of nitrogens with zero attached hydrogens (tertiary/aromatic N) is 3. The van der Waals surface area contributed by atoms with Gasteiger partial charge in [0.1, 0.15) is 41.8 Å². The Kier molecular flexibility index (Phi) is 8.03. The highest BCUT2D eigenvalue weighted by Crippen LogP contribution is 2.30. The van der Waals surface area contributed by atoms with Gasteiger partial charge < -0.3 is 15.4 Å². The molecule has 1 amide bonds. The molecule has 2 aromatic carbocycles. The van der Waals surface area contributed by atoms with Gasteiger partial charge in [-0.25, -0.2) is 19.3 Å². The zero-order valence-corrected chi connectivity index (χ0v) is 19.9. The molecule has 7 nitrogen and oxygen atoms in total. The molecule has 0 spiro atoms. The minimum absolute atomic E-state index is 0.114. The molecule has 2 N–H and O–H groups in total. The predicted octanol–water partition coefficient (Wildman–Crippen LogP) is 5.89. The number of hydrogen-bond acceptors (Lipinski definition) is 6. The van der Waals surface area contributed by atoms with E-state index in [1.807, 2.05) is 0 Å². The average Bonchev–Trinajstić information content (AvgIpc) is 2.87. The molecular formula is C26H16ClF4N5O2. The molecule has 4 aromatic rings. The molecule has 12 heteroatoms. The minimum atomic E-state index is -5.04. The van der Waals surface area contributed by atoms with Crippen LogP contribution in [0.4, 0.5) is 34.9 Å². The molecule has 0 fully saturated rings. The molecule has 0 bridgehead atoms. The number of benzene rings is 2. The molecular weight excluding hydrogens is 526 g/mol. The van der Waals surface area contributed by atoms with E-state index >= 15 is 0 Å². The second kappa shape index (κ2) is 11.6. The fourth-order valence-corrected chi connectivity index (χ4v) is 3.27. The van der Waals surface area contributed by atoms with E-state index < -0.39 is 12.1 Å². The molecule has 0 atom stereocenters. The number of alkyl halides is 3. The van der Waals surface area contributed by atoms with Gasteiger partial charge in [-0.2, -0.15) is 13.2 Å². The van der Waals surface area contributed by atoms with Crippen LogP contribution >= 0.6 is 11.6 Å². The van der Waals surface area contributed by atoms with Gasteiger partial charge in [-0.05, 0) is 53.9 Å². The standard InChI is InChI=1S/C26H16ClF4N5O2/c27-21-12-20(9-10-22(21)38-14-16-3-1-4-18(28)11-16)35-24-17(13-32-15-33-24)7-8-19-5-2-6-23(34-19)36-25(37)26(29,30)31/h1-6,9-13,15H,14H2,(H,32,33,35)(H,34,36,37). The van der Waals surface area contributed by atoms with Crippen LogP contribution in [0.15, 0.2) is 73.2 Å². The number of aromatic nitrogens is 3. The molecule has 0 aliphatic heterocycles. The highest BCUT2D eigenvalue weighted by atomic mass is 35.5. The van der Waals surface area contributed by atoms with E-state index in [2.05, 4.69) is 32.1 Å². The molecule has 0 aliphatic carbocycles. The van der Waals surface area contributed by atoms with E-state index in [1.54, 1.807) is 35.6 Å². The molecule has 2 aromatic heterocycles. The largest absolute Gasteiger partial charge is 0.487 e. The molecule has 38 heavy (non-hydrogen) atoms. The van der Waals surface area contributed by atoms with Gasteiger partial charge in [-0.15, -0.1) is 0 Å². The van der Waals surface area contributed by atoms with Crippen molar-refractivity contribution in [3.8, 4) is 17.6 Å². The molecule has 0 saturated heterocycles. The second-order valence-corrected chi connectivity index (χ2v) is 7.99. The van der Waals surface area contributed by atoms with Crippen LogP contribution in [0.2, 0.25) is 5.02 Å². The van der Waals surface area contributed by atoms with Crippen molar-refractivity contribution in [3.63, 3.8) is 0 Å². The number of rotatable bonds is 6. The third-order valence-electron chi connectivity index (χ3n) is 4.76. The minimum Gasteiger partial charge on any atom is -0.487 e. The van der Waals surface area contributed by atoms with Crippen LogP contribution in [0.1, 0.15) is 16.8 Å². The maximum atomic E-state index is 13.4. The van der Waals surface area contributed by atoms with Gasteiger partial charge in [0, 0.05) is 11.9 Å². The van der Waals surface area contributed by atoms with E-state index in [4.69, 9.17) is 16.3 Å². The zero-order valence-electron chi connectivity index (χ0n) is 19.2. The van der Waals surface area contributed by atoms with Crippen LogP contribution < -0.4 is 15.4 Å². The number of halogens is 5. The first-order valence-electron chi connectivity index (χ1n) is 10.8. The van der Waals surface area contributed by atoms with Crippen molar-refractivity contribution in [2.24, 2.45) is 0 Å². The summed E-state index contributed by atoms with van der Waals surface area (Å²) >= 11 is 6.34. The van der Waals surface area contributed by atoms with Crippen LogP contribution in [0.25, 0.3) is 0 Å². The highest BCUT2D eigenvalue weighted by Gasteiger charge is 2.38. The first-order chi connectivity index (χ1) is 18.2. The summed E-state index contributed by atoms with van der Waals surface area (Å²) in [5, 5.41) is 5.04. The van der Waals surface area contributed by atoms with Crippen LogP contribution in [0.5, 0.6) is 5.75 Å². The van der Waals surface area contributed by atoms with Crippen molar-refractivity contribution in [2.75, 3.05) is 10.6 Å². The number of carbonyl (C=O) groups excluding carboxylic acids is 1. The van der Waals surface area contributed by atoms with Crippen molar-refractivity contribution in [1.82, 2.24) is 15.0 Å². The van der Waals surface area contributed by atoms with Crippen molar-refractivity contribution < 1.29 is 27.1 Å². The van der Waals surface area contributed by atoms with E-state index in [1.165, 1.54) is 42.9 Å². The highest BCUT2D eigenvalue weighted by molar-refractivity contribution is 6.32. The Labute approximate surface area is 218 Å². The smallest absolute Gasteiger partial charge is 0.471 e. The summed E-state index contributed by atoms with van der Waals surface area (Å²) in [7, 11) is 0. The molecule has 192 valence electrons. The molecule has 0 unspecified atom stereocenters. The van der Waals surface area contributed by atoms with Crippen LogP contribution in [-0.4, -0.2) is 27.0 Å². The molecule has 0 radical (unpaired) electrons. The third kappa shape index (κ3) is 7.18. The maximum absolute atomic E-state index is 13.4. The zero-order chi connectivity index (χ0) is 27.1. The van der Waals surface area contributed by atoms with Gasteiger partial charge in [-0.1, -0.05) is 35.7 Å². The fourth-order valence-electron chi connectivity index (χ4n) is 3.03. The number of nitrogens with one attached hydrogen (secondary N) is 2. The Bertz CT molecular complexity index is 1540. The number of ether oxygens (including phenoxy) is 1. The van der Waals surface area contributed by atoms with Crippen LogP contribution in [0, 0.1) is 17.7 Å². The number of anilines is 3. The molecule has 0 saturated carbocycles. The van der Waals surface area contributed by atoms with Crippen LogP contribution in [-0.2, 0) is 11.4 Å². The number of carbonyl (C=O) groups is 1. The fraction of sp³-hybridized carbons (Fsp3) is 0.0769. The summed E-state index contributed by atoms with van der Waals surface area (Å²) in [4.78, 5) is 23.2. The lowest BCUT2D eigenvalue weighted by molar-refractivity contribution is -0.167. The summed E-state index contributed by atoms with van der Waals surface area (Å²) in [6, 6.07) is 15.1. The van der Waals surface area contributed by atoms with E-state index in [0.717, 1.165) is 0 Å². The second-order valence-electron chi connectivity index (χ2n) is 7.58. The SMILES string of the molecule is O=C(Nc1cccc(C#Cc2cncnc2Nc2ccc(OCc3cccc(F)c3)c(Cl)c2)n1)C(F)(F)F. The average molecular weight is 542 g/mol.